The zero-order valence-corrected chi connectivity index (χ0v) is 31.2. The topological polar surface area (TPSA) is 99.9 Å². The SMILES string of the molecule is CCCCN(CCCC)C(=O)c1cc(C)n(-c2ccc(NSc3ccc(Oc4ccc(F)cc4)cc3)cc2C(=O)N2Cc3ccccc3C[C@H]2CO)n1. The Morgan fingerprint density at radius 1 is 0.925 bits per heavy atom. The lowest BCUT2D eigenvalue weighted by Gasteiger charge is -2.36. The van der Waals surface area contributed by atoms with Crippen molar-refractivity contribution in [2.45, 2.75) is 70.4 Å². The molecule has 0 aliphatic carbocycles. The van der Waals surface area contributed by atoms with Gasteiger partial charge in [0.05, 0.1) is 23.9 Å². The maximum atomic E-state index is 14.6. The average Bonchev–Trinajstić information content (AvgIpc) is 3.58. The highest BCUT2D eigenvalue weighted by Crippen LogP contribution is 2.31. The molecule has 9 nitrogen and oxygen atoms in total. The van der Waals surface area contributed by atoms with Crippen LogP contribution in [0.3, 0.4) is 0 Å². The molecule has 1 aliphatic rings. The summed E-state index contributed by atoms with van der Waals surface area (Å²) in [5.41, 5.74) is 4.89. The highest BCUT2D eigenvalue weighted by Gasteiger charge is 2.32. The van der Waals surface area contributed by atoms with Crippen LogP contribution in [0.4, 0.5) is 10.1 Å². The van der Waals surface area contributed by atoms with E-state index in [2.05, 4.69) is 18.6 Å². The number of unbranched alkanes of at least 4 members (excludes halogenated alkanes) is 2. The van der Waals surface area contributed by atoms with Gasteiger partial charge in [-0.25, -0.2) is 9.07 Å². The van der Waals surface area contributed by atoms with Crippen LogP contribution in [0.5, 0.6) is 11.5 Å². The summed E-state index contributed by atoms with van der Waals surface area (Å²) in [5, 5.41) is 15.2. The molecule has 2 N–H and O–H groups in total. The fraction of sp³-hybridized carbons (Fsp3) is 0.310. The molecule has 0 saturated carbocycles. The number of halogens is 1. The Bertz CT molecular complexity index is 2010. The van der Waals surface area contributed by atoms with Crippen LogP contribution in [0.25, 0.3) is 5.69 Å². The summed E-state index contributed by atoms with van der Waals surface area (Å²) >= 11 is 1.38. The molecular weight excluding hydrogens is 690 g/mol. The van der Waals surface area contributed by atoms with Gasteiger partial charge in [-0.3, -0.25) is 9.59 Å². The van der Waals surface area contributed by atoms with Crippen molar-refractivity contribution in [2.75, 3.05) is 24.4 Å². The van der Waals surface area contributed by atoms with Gasteiger partial charge in [-0.05, 0) is 122 Å². The Balaban J connectivity index is 1.29. The Hall–Kier alpha value is -5.13. The van der Waals surface area contributed by atoms with Gasteiger partial charge in [0, 0.05) is 35.9 Å². The number of anilines is 1. The lowest BCUT2D eigenvalue weighted by Crippen LogP contribution is -2.46. The first-order chi connectivity index (χ1) is 25.8. The fourth-order valence-electron chi connectivity index (χ4n) is 6.43. The van der Waals surface area contributed by atoms with Crippen LogP contribution in [0.1, 0.15) is 77.2 Å². The second-order valence-corrected chi connectivity index (χ2v) is 14.2. The van der Waals surface area contributed by atoms with E-state index < -0.39 is 6.04 Å². The molecule has 0 spiro atoms. The smallest absolute Gasteiger partial charge is 0.274 e. The number of carbonyl (C=O) groups is 2. The number of rotatable bonds is 15. The van der Waals surface area contributed by atoms with Crippen molar-refractivity contribution in [1.82, 2.24) is 19.6 Å². The summed E-state index contributed by atoms with van der Waals surface area (Å²) in [6, 6.07) is 28.3. The molecule has 53 heavy (non-hydrogen) atoms. The number of aryl methyl sites for hydroxylation is 1. The summed E-state index contributed by atoms with van der Waals surface area (Å²) < 4.78 is 24.2. The van der Waals surface area contributed by atoms with E-state index in [1.165, 1.54) is 24.1 Å². The summed E-state index contributed by atoms with van der Waals surface area (Å²) in [6.45, 7) is 7.65. The van der Waals surface area contributed by atoms with Crippen LogP contribution in [0, 0.1) is 12.7 Å². The lowest BCUT2D eigenvalue weighted by molar-refractivity contribution is 0.0544. The van der Waals surface area contributed by atoms with E-state index in [9.17, 15) is 19.1 Å². The third kappa shape index (κ3) is 9.09. The van der Waals surface area contributed by atoms with Crippen LogP contribution in [-0.4, -0.2) is 62.2 Å². The molecular formula is C42H46FN5O4S. The Morgan fingerprint density at radius 3 is 2.25 bits per heavy atom. The summed E-state index contributed by atoms with van der Waals surface area (Å²) in [5.74, 6) is 0.482. The van der Waals surface area contributed by atoms with E-state index in [0.717, 1.165) is 47.4 Å². The highest BCUT2D eigenvalue weighted by molar-refractivity contribution is 8.00. The molecule has 4 aromatic carbocycles. The molecule has 0 saturated heterocycles. The first-order valence-electron chi connectivity index (χ1n) is 18.2. The molecule has 2 heterocycles. The number of carbonyl (C=O) groups excluding carboxylic acids is 2. The minimum atomic E-state index is -0.395. The zero-order chi connectivity index (χ0) is 37.3. The molecule has 11 heteroatoms. The van der Waals surface area contributed by atoms with Gasteiger partial charge in [0.1, 0.15) is 17.3 Å². The minimum Gasteiger partial charge on any atom is -0.457 e. The van der Waals surface area contributed by atoms with Crippen LogP contribution in [0.15, 0.2) is 102 Å². The van der Waals surface area contributed by atoms with Gasteiger partial charge in [-0.2, -0.15) is 5.10 Å². The van der Waals surface area contributed by atoms with E-state index in [-0.39, 0.29) is 24.2 Å². The van der Waals surface area contributed by atoms with E-state index in [4.69, 9.17) is 9.84 Å². The maximum Gasteiger partial charge on any atom is 0.274 e. The minimum absolute atomic E-state index is 0.113. The normalized spacial score (nSPS) is 13.8. The van der Waals surface area contributed by atoms with Crippen molar-refractivity contribution in [3.8, 4) is 17.2 Å². The zero-order valence-electron chi connectivity index (χ0n) is 30.4. The number of nitrogens with zero attached hydrogens (tertiary/aromatic N) is 4. The quantitative estimate of drug-likeness (QED) is 0.104. The standard InChI is InChI=1S/C42H46FN5O4S/c1-4-6-22-46(23-7-5-2)42(51)39-24-29(3)48(44-39)40-21-14-33(45-53-37-19-17-36(18-20-37)52-35-15-12-32(43)13-16-35)26-38(40)41(50)47-27-31-11-9-8-10-30(31)25-34(47)28-49/h8-21,24,26,34,45,49H,4-7,22-23,25,27-28H2,1-3H3/t34-/m0/s1. The number of aromatic nitrogens is 2. The van der Waals surface area contributed by atoms with Crippen molar-refractivity contribution in [3.63, 3.8) is 0 Å². The van der Waals surface area contributed by atoms with Crippen LogP contribution in [0.2, 0.25) is 0 Å². The number of nitrogens with one attached hydrogen (secondary N) is 1. The molecule has 0 fully saturated rings. The third-order valence-electron chi connectivity index (χ3n) is 9.40. The maximum absolute atomic E-state index is 14.6. The second kappa shape index (κ2) is 17.6. The van der Waals surface area contributed by atoms with Crippen molar-refractivity contribution < 1.29 is 23.8 Å². The average molecular weight is 736 g/mol. The van der Waals surface area contributed by atoms with Crippen molar-refractivity contribution in [2.24, 2.45) is 0 Å². The number of amides is 2. The van der Waals surface area contributed by atoms with E-state index in [1.54, 1.807) is 27.8 Å². The third-order valence-corrected chi connectivity index (χ3v) is 10.2. The number of ether oxygens (including phenoxy) is 1. The summed E-state index contributed by atoms with van der Waals surface area (Å²) in [6.07, 6.45) is 4.35. The predicted molar refractivity (Wildman–Crippen MR) is 207 cm³/mol. The van der Waals surface area contributed by atoms with E-state index in [1.807, 2.05) is 78.6 Å². The van der Waals surface area contributed by atoms with Gasteiger partial charge in [0.15, 0.2) is 5.69 Å². The van der Waals surface area contributed by atoms with Crippen molar-refractivity contribution >= 4 is 29.4 Å². The molecule has 6 rings (SSSR count). The second-order valence-electron chi connectivity index (χ2n) is 13.3. The number of hydrogen-bond acceptors (Lipinski definition) is 7. The highest BCUT2D eigenvalue weighted by atomic mass is 32.2. The fourth-order valence-corrected chi connectivity index (χ4v) is 7.06. The summed E-state index contributed by atoms with van der Waals surface area (Å²) in [7, 11) is 0. The predicted octanol–water partition coefficient (Wildman–Crippen LogP) is 8.83. The Kier molecular flexibility index (Phi) is 12.5. The first-order valence-corrected chi connectivity index (χ1v) is 19.0. The van der Waals surface area contributed by atoms with Crippen LogP contribution < -0.4 is 9.46 Å². The van der Waals surface area contributed by atoms with Gasteiger partial charge >= 0.3 is 0 Å². The Labute approximate surface area is 314 Å². The molecule has 2 amide bonds. The first kappa shape index (κ1) is 37.6. The number of aliphatic hydroxyl groups is 1. The Morgan fingerprint density at radius 2 is 1.58 bits per heavy atom. The van der Waals surface area contributed by atoms with Gasteiger partial charge in [-0.1, -0.05) is 51.0 Å². The molecule has 0 bridgehead atoms. The molecule has 0 unspecified atom stereocenters. The van der Waals surface area contributed by atoms with Crippen molar-refractivity contribution in [1.29, 1.82) is 0 Å². The monoisotopic (exact) mass is 735 g/mol. The molecule has 276 valence electrons. The van der Waals surface area contributed by atoms with E-state index in [0.29, 0.717) is 60.2 Å². The van der Waals surface area contributed by atoms with E-state index >= 15 is 0 Å². The number of fused-ring (bicyclic) bond motifs is 1. The van der Waals surface area contributed by atoms with Crippen LogP contribution >= 0.6 is 11.9 Å². The van der Waals surface area contributed by atoms with Crippen LogP contribution in [-0.2, 0) is 13.0 Å². The molecule has 0 radical (unpaired) electrons. The van der Waals surface area contributed by atoms with Gasteiger partial charge in [0.2, 0.25) is 0 Å². The summed E-state index contributed by atoms with van der Waals surface area (Å²) in [4.78, 5) is 32.9. The van der Waals surface area contributed by atoms with Crippen molar-refractivity contribution in [3.05, 3.63) is 131 Å². The number of benzene rings is 4. The molecule has 1 aliphatic heterocycles. The number of hydrogen-bond donors (Lipinski definition) is 2. The van der Waals surface area contributed by atoms with Gasteiger partial charge in [-0.15, -0.1) is 0 Å². The lowest BCUT2D eigenvalue weighted by atomic mass is 9.93. The molecule has 5 aromatic rings. The van der Waals surface area contributed by atoms with Gasteiger partial charge in [0.25, 0.3) is 11.8 Å². The number of aliphatic hydroxyl groups excluding tert-OH is 1. The molecule has 1 atom stereocenters. The molecule has 1 aromatic heterocycles. The van der Waals surface area contributed by atoms with Gasteiger partial charge < -0.3 is 24.4 Å². The largest absolute Gasteiger partial charge is 0.457 e.